The third-order valence-electron chi connectivity index (χ3n) is 5.61. The number of nitrogens with zero attached hydrogens (tertiary/aromatic N) is 4. The highest BCUT2D eigenvalue weighted by Gasteiger charge is 2.13. The van der Waals surface area contributed by atoms with Crippen molar-refractivity contribution in [2.75, 3.05) is 0 Å². The molecule has 140 valence electrons. The lowest BCUT2D eigenvalue weighted by Gasteiger charge is -2.13. The number of allylic oxidation sites excluding steroid dienone is 2. The number of benzene rings is 1. The molecule has 5 nitrogen and oxygen atoms in total. The van der Waals surface area contributed by atoms with Gasteiger partial charge in [-0.15, -0.1) is 0 Å². The predicted octanol–water partition coefficient (Wildman–Crippen LogP) is 4.60. The molecule has 3 aromatic heterocycles. The van der Waals surface area contributed by atoms with Crippen LogP contribution in [0.2, 0.25) is 0 Å². The van der Waals surface area contributed by atoms with E-state index in [2.05, 4.69) is 16.2 Å². The number of fused-ring (bicyclic) bond motifs is 3. The summed E-state index contributed by atoms with van der Waals surface area (Å²) >= 11 is 0. The quantitative estimate of drug-likeness (QED) is 0.493. The Bertz CT molecular complexity index is 1230. The number of rotatable bonds is 4. The Morgan fingerprint density at radius 3 is 2.75 bits per heavy atom. The van der Waals surface area contributed by atoms with E-state index in [-0.39, 0.29) is 5.56 Å². The van der Waals surface area contributed by atoms with E-state index in [0.717, 1.165) is 28.7 Å². The molecule has 0 saturated heterocycles. The summed E-state index contributed by atoms with van der Waals surface area (Å²) in [6.45, 7) is 0.715. The van der Waals surface area contributed by atoms with Crippen molar-refractivity contribution in [1.29, 1.82) is 0 Å². The molecule has 3 heterocycles. The first-order chi connectivity index (χ1) is 13.8. The van der Waals surface area contributed by atoms with E-state index in [1.165, 1.54) is 31.3 Å². The first-order valence-electron chi connectivity index (χ1n) is 9.90. The first kappa shape index (κ1) is 16.9. The van der Waals surface area contributed by atoms with Crippen LogP contribution in [-0.2, 0) is 6.54 Å². The molecule has 0 spiro atoms. The van der Waals surface area contributed by atoms with Crippen LogP contribution in [0.5, 0.6) is 0 Å². The third-order valence-corrected chi connectivity index (χ3v) is 5.61. The molecule has 1 aliphatic carbocycles. The van der Waals surface area contributed by atoms with Gasteiger partial charge in [-0.25, -0.2) is 9.50 Å². The minimum absolute atomic E-state index is 0.0000653. The lowest BCUT2D eigenvalue weighted by Crippen LogP contribution is -2.21. The SMILES string of the molecule is O=c1c2cnc3c(-c4ccccc4)cnn3c2ccn1CCC1=CCCCC1. The molecule has 0 saturated carbocycles. The summed E-state index contributed by atoms with van der Waals surface area (Å²) in [6, 6.07) is 12.1. The second-order valence-electron chi connectivity index (χ2n) is 7.39. The maximum atomic E-state index is 13.0. The molecule has 0 radical (unpaired) electrons. The van der Waals surface area contributed by atoms with Gasteiger partial charge in [-0.1, -0.05) is 42.0 Å². The Morgan fingerprint density at radius 2 is 1.93 bits per heavy atom. The molecular formula is C23H22N4O. The highest BCUT2D eigenvalue weighted by molar-refractivity contribution is 5.84. The van der Waals surface area contributed by atoms with Gasteiger partial charge in [-0.3, -0.25) is 4.79 Å². The van der Waals surface area contributed by atoms with Gasteiger partial charge in [0.1, 0.15) is 0 Å². The van der Waals surface area contributed by atoms with Crippen LogP contribution in [0.1, 0.15) is 32.1 Å². The van der Waals surface area contributed by atoms with Crippen LogP contribution < -0.4 is 5.56 Å². The molecule has 5 rings (SSSR count). The van der Waals surface area contributed by atoms with Gasteiger partial charge in [0.2, 0.25) is 0 Å². The molecule has 1 aliphatic rings. The predicted molar refractivity (Wildman–Crippen MR) is 111 cm³/mol. The maximum absolute atomic E-state index is 13.0. The van der Waals surface area contributed by atoms with Gasteiger partial charge in [-0.05, 0) is 43.7 Å². The monoisotopic (exact) mass is 370 g/mol. The molecule has 1 aromatic carbocycles. The summed E-state index contributed by atoms with van der Waals surface area (Å²) < 4.78 is 3.57. The fourth-order valence-corrected chi connectivity index (χ4v) is 4.05. The number of hydrogen-bond acceptors (Lipinski definition) is 3. The van der Waals surface area contributed by atoms with Crippen LogP contribution in [0.25, 0.3) is 27.7 Å². The average molecular weight is 370 g/mol. The van der Waals surface area contributed by atoms with Gasteiger partial charge in [0.05, 0.1) is 17.1 Å². The van der Waals surface area contributed by atoms with Crippen molar-refractivity contribution in [3.63, 3.8) is 0 Å². The van der Waals surface area contributed by atoms with E-state index in [4.69, 9.17) is 0 Å². The molecule has 0 amide bonds. The minimum Gasteiger partial charge on any atom is -0.315 e. The molecule has 0 bridgehead atoms. The van der Waals surface area contributed by atoms with E-state index in [1.54, 1.807) is 15.3 Å². The molecular weight excluding hydrogens is 348 g/mol. The zero-order valence-electron chi connectivity index (χ0n) is 15.7. The highest BCUT2D eigenvalue weighted by atomic mass is 16.1. The van der Waals surface area contributed by atoms with Crippen molar-refractivity contribution >= 4 is 16.6 Å². The summed E-state index contributed by atoms with van der Waals surface area (Å²) in [4.78, 5) is 17.6. The molecule has 0 atom stereocenters. The largest absolute Gasteiger partial charge is 0.315 e. The zero-order chi connectivity index (χ0) is 18.9. The number of aryl methyl sites for hydroxylation is 1. The molecule has 0 fully saturated rings. The standard InChI is InChI=1S/C23H22N4O/c28-23-20-15-24-22-19(18-9-5-2-6-10-18)16-25-27(22)21(20)12-14-26(23)13-11-17-7-3-1-4-8-17/h2,5-7,9-10,12,14-16H,1,3-4,8,11,13H2. The molecule has 0 N–H and O–H groups in total. The summed E-state index contributed by atoms with van der Waals surface area (Å²) in [5, 5.41) is 5.12. The van der Waals surface area contributed by atoms with Gasteiger partial charge in [0.15, 0.2) is 5.65 Å². The Kier molecular flexibility index (Phi) is 4.28. The smallest absolute Gasteiger partial charge is 0.261 e. The van der Waals surface area contributed by atoms with Gasteiger partial charge >= 0.3 is 0 Å². The zero-order valence-corrected chi connectivity index (χ0v) is 15.7. The fourth-order valence-electron chi connectivity index (χ4n) is 4.05. The van der Waals surface area contributed by atoms with Gasteiger partial charge in [0.25, 0.3) is 5.56 Å². The number of pyridine rings is 1. The van der Waals surface area contributed by atoms with Gasteiger partial charge in [0, 0.05) is 24.5 Å². The summed E-state index contributed by atoms with van der Waals surface area (Å²) in [6.07, 6.45) is 13.6. The maximum Gasteiger partial charge on any atom is 0.261 e. The fraction of sp³-hybridized carbons (Fsp3) is 0.261. The van der Waals surface area contributed by atoms with Crippen molar-refractivity contribution in [3.8, 4) is 11.1 Å². The van der Waals surface area contributed by atoms with Crippen LogP contribution in [0.4, 0.5) is 0 Å². The van der Waals surface area contributed by atoms with E-state index in [9.17, 15) is 4.79 Å². The Morgan fingerprint density at radius 1 is 1.04 bits per heavy atom. The minimum atomic E-state index is 0.0000653. The highest BCUT2D eigenvalue weighted by Crippen LogP contribution is 2.25. The summed E-state index contributed by atoms with van der Waals surface area (Å²) in [5.74, 6) is 0. The molecule has 0 unspecified atom stereocenters. The summed E-state index contributed by atoms with van der Waals surface area (Å²) in [5.41, 5.74) is 5.08. The normalized spacial score (nSPS) is 14.5. The summed E-state index contributed by atoms with van der Waals surface area (Å²) in [7, 11) is 0. The Labute approximate surface area is 163 Å². The van der Waals surface area contributed by atoms with E-state index < -0.39 is 0 Å². The second-order valence-corrected chi connectivity index (χ2v) is 7.39. The van der Waals surface area contributed by atoms with Crippen molar-refractivity contribution in [2.24, 2.45) is 0 Å². The van der Waals surface area contributed by atoms with Crippen LogP contribution in [0, 0.1) is 0 Å². The third kappa shape index (κ3) is 2.93. The molecule has 28 heavy (non-hydrogen) atoms. The van der Waals surface area contributed by atoms with E-state index >= 15 is 0 Å². The van der Waals surface area contributed by atoms with Crippen LogP contribution in [0.15, 0.2) is 71.4 Å². The number of hydrogen-bond donors (Lipinski definition) is 0. The lowest BCUT2D eigenvalue weighted by atomic mass is 9.97. The Balaban J connectivity index is 1.54. The van der Waals surface area contributed by atoms with E-state index in [0.29, 0.717) is 11.9 Å². The van der Waals surface area contributed by atoms with Crippen molar-refractivity contribution in [1.82, 2.24) is 19.2 Å². The van der Waals surface area contributed by atoms with Crippen LogP contribution in [-0.4, -0.2) is 19.2 Å². The average Bonchev–Trinajstić information content (AvgIpc) is 3.19. The van der Waals surface area contributed by atoms with Gasteiger partial charge < -0.3 is 4.57 Å². The Hall–Kier alpha value is -3.21. The number of aromatic nitrogens is 4. The molecule has 0 aliphatic heterocycles. The molecule has 5 heteroatoms. The second kappa shape index (κ2) is 7.08. The van der Waals surface area contributed by atoms with Crippen molar-refractivity contribution in [2.45, 2.75) is 38.6 Å². The van der Waals surface area contributed by atoms with Crippen molar-refractivity contribution < 1.29 is 0 Å². The first-order valence-corrected chi connectivity index (χ1v) is 9.90. The van der Waals surface area contributed by atoms with Gasteiger partial charge in [-0.2, -0.15) is 5.10 Å². The molecule has 4 aromatic rings. The van der Waals surface area contributed by atoms with Crippen molar-refractivity contribution in [3.05, 3.63) is 77.0 Å². The lowest BCUT2D eigenvalue weighted by molar-refractivity contribution is 0.616. The van der Waals surface area contributed by atoms with E-state index in [1.807, 2.05) is 48.8 Å². The van der Waals surface area contributed by atoms with Crippen LogP contribution >= 0.6 is 0 Å². The van der Waals surface area contributed by atoms with Crippen LogP contribution in [0.3, 0.4) is 0 Å². The topological polar surface area (TPSA) is 52.2 Å².